The molecule has 0 bridgehead atoms. The van der Waals surface area contributed by atoms with E-state index in [2.05, 4.69) is 20.3 Å². The zero-order valence-electron chi connectivity index (χ0n) is 13.7. The van der Waals surface area contributed by atoms with Gasteiger partial charge >= 0.3 is 0 Å². The summed E-state index contributed by atoms with van der Waals surface area (Å²) in [5, 5.41) is 6.61. The molecule has 2 heterocycles. The lowest BCUT2D eigenvalue weighted by atomic mass is 10.2. The Bertz CT molecular complexity index is 927. The lowest BCUT2D eigenvalue weighted by molar-refractivity contribution is 0.410. The fourth-order valence-corrected chi connectivity index (χ4v) is 3.22. The van der Waals surface area contributed by atoms with Crippen molar-refractivity contribution in [1.82, 2.24) is 9.97 Å². The normalized spacial score (nSPS) is 11.4. The maximum Gasteiger partial charge on any atom is 0.195 e. The molecule has 2 aromatic heterocycles. The van der Waals surface area contributed by atoms with Crippen LogP contribution in [0.2, 0.25) is 10.0 Å². The second-order valence-corrected chi connectivity index (χ2v) is 6.85. The van der Waals surface area contributed by atoms with Crippen LogP contribution in [-0.4, -0.2) is 23.0 Å². The molecule has 6 nitrogen and oxygen atoms in total. The smallest absolute Gasteiger partial charge is 0.195 e. The fraction of sp³-hybridized carbons (Fsp3) is 0.118. The average Bonchev–Trinajstić information content (AvgIpc) is 3.09. The van der Waals surface area contributed by atoms with Crippen LogP contribution in [0.15, 0.2) is 46.9 Å². The third kappa shape index (κ3) is 4.43. The van der Waals surface area contributed by atoms with E-state index in [1.807, 2.05) is 23.6 Å². The van der Waals surface area contributed by atoms with Gasteiger partial charge < -0.3 is 15.8 Å². The van der Waals surface area contributed by atoms with Crippen molar-refractivity contribution in [3.63, 3.8) is 0 Å². The molecule has 0 spiro atoms. The van der Waals surface area contributed by atoms with Gasteiger partial charge in [-0.1, -0.05) is 29.3 Å². The van der Waals surface area contributed by atoms with Crippen LogP contribution < -0.4 is 15.8 Å². The zero-order chi connectivity index (χ0) is 18.5. The number of pyridine rings is 1. The molecule has 0 fully saturated rings. The summed E-state index contributed by atoms with van der Waals surface area (Å²) < 4.78 is 5.30. The summed E-state index contributed by atoms with van der Waals surface area (Å²) in [6.07, 6.45) is 1.58. The Morgan fingerprint density at radius 3 is 2.85 bits per heavy atom. The van der Waals surface area contributed by atoms with Gasteiger partial charge in [0.05, 0.1) is 24.4 Å². The number of aromatic nitrogens is 2. The average molecular weight is 408 g/mol. The number of nitrogens with two attached hydrogens (primary N) is 1. The van der Waals surface area contributed by atoms with E-state index in [4.69, 9.17) is 33.7 Å². The van der Waals surface area contributed by atoms with Crippen LogP contribution in [0.5, 0.6) is 5.75 Å². The van der Waals surface area contributed by atoms with Gasteiger partial charge in [0.1, 0.15) is 11.4 Å². The monoisotopic (exact) mass is 407 g/mol. The largest absolute Gasteiger partial charge is 0.496 e. The Morgan fingerprint density at radius 2 is 2.12 bits per heavy atom. The van der Waals surface area contributed by atoms with Crippen molar-refractivity contribution >= 4 is 45.6 Å². The topological polar surface area (TPSA) is 85.4 Å². The number of aliphatic imine (C=N–C) groups is 1. The first-order valence-electron chi connectivity index (χ1n) is 7.52. The molecule has 0 saturated heterocycles. The number of nitrogens with zero attached hydrogens (tertiary/aromatic N) is 3. The summed E-state index contributed by atoms with van der Waals surface area (Å²) >= 11 is 13.4. The number of benzene rings is 1. The van der Waals surface area contributed by atoms with Crippen molar-refractivity contribution < 1.29 is 4.74 Å². The Morgan fingerprint density at radius 1 is 1.27 bits per heavy atom. The van der Waals surface area contributed by atoms with E-state index in [0.29, 0.717) is 27.5 Å². The van der Waals surface area contributed by atoms with Gasteiger partial charge in [-0.15, -0.1) is 11.3 Å². The lowest BCUT2D eigenvalue weighted by Crippen LogP contribution is -2.22. The Kier molecular flexibility index (Phi) is 5.92. The van der Waals surface area contributed by atoms with Gasteiger partial charge in [0, 0.05) is 22.2 Å². The van der Waals surface area contributed by atoms with Crippen LogP contribution in [0.1, 0.15) is 5.56 Å². The van der Waals surface area contributed by atoms with Crippen LogP contribution in [-0.2, 0) is 6.54 Å². The first-order valence-corrected chi connectivity index (χ1v) is 9.16. The van der Waals surface area contributed by atoms with E-state index >= 15 is 0 Å². The molecule has 3 rings (SSSR count). The first kappa shape index (κ1) is 18.4. The molecule has 0 unspecified atom stereocenters. The van der Waals surface area contributed by atoms with Crippen LogP contribution in [0.4, 0.5) is 5.13 Å². The number of methoxy groups -OCH3 is 1. The second-order valence-electron chi connectivity index (χ2n) is 5.15. The molecule has 0 radical (unpaired) electrons. The maximum absolute atomic E-state index is 6.20. The van der Waals surface area contributed by atoms with E-state index in [1.54, 1.807) is 25.4 Å². The third-order valence-electron chi connectivity index (χ3n) is 3.43. The minimum absolute atomic E-state index is 0.233. The highest BCUT2D eigenvalue weighted by Crippen LogP contribution is 2.27. The molecule has 1 aromatic carbocycles. The SMILES string of the molecule is COc1cccc(Cl)c1CN=C(N)Nc1nc(-c2ccc(Cl)cn2)cs1. The van der Waals surface area contributed by atoms with Crippen molar-refractivity contribution in [2.45, 2.75) is 6.54 Å². The van der Waals surface area contributed by atoms with Crippen molar-refractivity contribution in [1.29, 1.82) is 0 Å². The molecule has 0 saturated carbocycles. The molecular formula is C17H15Cl2N5OS. The lowest BCUT2D eigenvalue weighted by Gasteiger charge is -2.08. The third-order valence-corrected chi connectivity index (χ3v) is 4.77. The van der Waals surface area contributed by atoms with Gasteiger partial charge in [-0.05, 0) is 24.3 Å². The quantitative estimate of drug-likeness (QED) is 0.481. The number of hydrogen-bond donors (Lipinski definition) is 2. The fourth-order valence-electron chi connectivity index (χ4n) is 2.17. The molecule has 0 atom stereocenters. The number of thiazole rings is 1. The van der Waals surface area contributed by atoms with E-state index in [1.165, 1.54) is 11.3 Å². The van der Waals surface area contributed by atoms with Crippen LogP contribution >= 0.6 is 34.5 Å². The highest BCUT2D eigenvalue weighted by Gasteiger charge is 2.09. The van der Waals surface area contributed by atoms with Gasteiger partial charge in [0.25, 0.3) is 0 Å². The molecule has 26 heavy (non-hydrogen) atoms. The van der Waals surface area contributed by atoms with E-state index in [9.17, 15) is 0 Å². The number of ether oxygens (including phenoxy) is 1. The molecule has 3 N–H and O–H groups in total. The minimum atomic E-state index is 0.233. The Labute approximate surface area is 164 Å². The summed E-state index contributed by atoms with van der Waals surface area (Å²) in [4.78, 5) is 13.0. The molecule has 0 amide bonds. The summed E-state index contributed by atoms with van der Waals surface area (Å²) in [7, 11) is 1.59. The Hall–Kier alpha value is -2.35. The van der Waals surface area contributed by atoms with Gasteiger partial charge in [-0.3, -0.25) is 4.98 Å². The predicted molar refractivity (Wildman–Crippen MR) is 107 cm³/mol. The predicted octanol–water partition coefficient (Wildman–Crippen LogP) is 4.45. The molecular weight excluding hydrogens is 393 g/mol. The number of halogens is 2. The molecule has 0 aliphatic carbocycles. The van der Waals surface area contributed by atoms with Crippen molar-refractivity contribution in [2.24, 2.45) is 10.7 Å². The number of nitrogens with one attached hydrogen (secondary N) is 1. The molecule has 0 aliphatic rings. The van der Waals surface area contributed by atoms with Gasteiger partial charge in [0.2, 0.25) is 0 Å². The number of guanidine groups is 1. The van der Waals surface area contributed by atoms with Gasteiger partial charge in [-0.2, -0.15) is 0 Å². The van der Waals surface area contributed by atoms with Crippen LogP contribution in [0.25, 0.3) is 11.4 Å². The van der Waals surface area contributed by atoms with Crippen molar-refractivity contribution in [2.75, 3.05) is 12.4 Å². The van der Waals surface area contributed by atoms with Gasteiger partial charge in [-0.25, -0.2) is 9.98 Å². The highest BCUT2D eigenvalue weighted by molar-refractivity contribution is 7.14. The molecule has 9 heteroatoms. The van der Waals surface area contributed by atoms with Crippen LogP contribution in [0.3, 0.4) is 0 Å². The molecule has 0 aliphatic heterocycles. The summed E-state index contributed by atoms with van der Waals surface area (Å²) in [6, 6.07) is 9.00. The summed E-state index contributed by atoms with van der Waals surface area (Å²) in [5.74, 6) is 0.899. The van der Waals surface area contributed by atoms with Crippen molar-refractivity contribution in [3.8, 4) is 17.1 Å². The number of hydrogen-bond acceptors (Lipinski definition) is 5. The van der Waals surface area contributed by atoms with E-state index in [-0.39, 0.29) is 5.96 Å². The summed E-state index contributed by atoms with van der Waals surface area (Å²) in [6.45, 7) is 0.290. The minimum Gasteiger partial charge on any atom is -0.496 e. The first-order chi connectivity index (χ1) is 12.6. The van der Waals surface area contributed by atoms with Gasteiger partial charge in [0.15, 0.2) is 11.1 Å². The molecule has 134 valence electrons. The number of anilines is 1. The van der Waals surface area contributed by atoms with Crippen LogP contribution in [0, 0.1) is 0 Å². The van der Waals surface area contributed by atoms with Crippen molar-refractivity contribution in [3.05, 3.63) is 57.5 Å². The number of rotatable bonds is 5. The second kappa shape index (κ2) is 8.35. The van der Waals surface area contributed by atoms with E-state index < -0.39 is 0 Å². The molecule has 3 aromatic rings. The Balaban J connectivity index is 1.70. The summed E-state index contributed by atoms with van der Waals surface area (Å²) in [5.41, 5.74) is 8.18. The maximum atomic E-state index is 6.20. The highest BCUT2D eigenvalue weighted by atomic mass is 35.5. The zero-order valence-corrected chi connectivity index (χ0v) is 16.1. The van der Waals surface area contributed by atoms with E-state index in [0.717, 1.165) is 17.0 Å². The standard InChI is InChI=1S/C17H15Cl2N5OS/c1-25-15-4-2-3-12(19)11(15)8-22-16(20)24-17-23-14(9-26-17)13-6-5-10(18)7-21-13/h2-7,9H,8H2,1H3,(H3,20,22,23,24).